The highest BCUT2D eigenvalue weighted by molar-refractivity contribution is 8.93. The van der Waals surface area contributed by atoms with Gasteiger partial charge in [0.15, 0.2) is 0 Å². The predicted molar refractivity (Wildman–Crippen MR) is 130 cm³/mol. The number of fused-ring (bicyclic) bond motifs is 5. The standard InChI is InChI=1S/C19H22NO4S2.3BrH/c1-20(2)12-9-11(10-13(20)17-16(12)24-17)23-18(21)19(22,14-5-3-7-25-14)15-6-4-8-26-15;;;/h3-8,11-13,16-17,22H,9-10H2,1-2H3;3*1H/q+1;;;/t11?,12-,13+,16-,17+;;;. The van der Waals surface area contributed by atoms with Crippen molar-refractivity contribution in [1.29, 1.82) is 0 Å². The summed E-state index contributed by atoms with van der Waals surface area (Å²) >= 11 is 2.74. The van der Waals surface area contributed by atoms with E-state index in [0.29, 0.717) is 34.0 Å². The lowest BCUT2D eigenvalue weighted by molar-refractivity contribution is -0.938. The molecule has 1 N–H and O–H groups in total. The zero-order chi connectivity index (χ0) is 18.1. The van der Waals surface area contributed by atoms with Gasteiger partial charge in [-0.25, -0.2) is 4.79 Å². The summed E-state index contributed by atoms with van der Waals surface area (Å²) in [6, 6.07) is 8.01. The maximum Gasteiger partial charge on any atom is 0.349 e. The second-order valence-corrected chi connectivity index (χ2v) is 9.89. The van der Waals surface area contributed by atoms with E-state index >= 15 is 0 Å². The molecule has 5 rings (SSSR count). The molecule has 3 saturated heterocycles. The minimum absolute atomic E-state index is 0. The topological polar surface area (TPSA) is 59.1 Å². The molecule has 1 unspecified atom stereocenters. The van der Waals surface area contributed by atoms with Gasteiger partial charge in [0.2, 0.25) is 5.60 Å². The van der Waals surface area contributed by atoms with Gasteiger partial charge in [0.1, 0.15) is 30.4 Å². The number of hydrogen-bond acceptors (Lipinski definition) is 6. The third-order valence-electron chi connectivity index (χ3n) is 6.36. The quantitative estimate of drug-likeness (QED) is 0.313. The molecule has 0 saturated carbocycles. The number of thiophene rings is 2. The molecule has 2 bridgehead atoms. The highest BCUT2D eigenvalue weighted by Gasteiger charge is 2.71. The first-order valence-corrected chi connectivity index (χ1v) is 10.7. The summed E-state index contributed by atoms with van der Waals surface area (Å²) < 4.78 is 12.6. The van der Waals surface area contributed by atoms with Crippen LogP contribution in [0.3, 0.4) is 0 Å². The number of halogens is 3. The van der Waals surface area contributed by atoms with Gasteiger partial charge in [-0.05, 0) is 22.9 Å². The molecule has 162 valence electrons. The average Bonchev–Trinajstić information content (AvgIpc) is 2.98. The van der Waals surface area contributed by atoms with Crippen LogP contribution in [0.15, 0.2) is 35.0 Å². The fourth-order valence-corrected chi connectivity index (χ4v) is 6.54. The van der Waals surface area contributed by atoms with Crippen molar-refractivity contribution >= 4 is 79.6 Å². The maximum absolute atomic E-state index is 13.1. The normalized spacial score (nSPS) is 30.8. The van der Waals surface area contributed by atoms with Gasteiger partial charge in [0.05, 0.1) is 23.8 Å². The van der Waals surface area contributed by atoms with Crippen molar-refractivity contribution in [3.05, 3.63) is 44.8 Å². The van der Waals surface area contributed by atoms with Crippen LogP contribution in [0.25, 0.3) is 0 Å². The number of likely N-dealkylation sites (N-methyl/N-ethyl adjacent to an activating group) is 1. The monoisotopic (exact) mass is 632 g/mol. The van der Waals surface area contributed by atoms with Crippen LogP contribution in [0.1, 0.15) is 22.6 Å². The summed E-state index contributed by atoms with van der Waals surface area (Å²) in [5.41, 5.74) is -1.72. The molecular formula is C19H25Br3NO4S2+. The number of carbonyl (C=O) groups excluding carboxylic acids is 1. The first-order valence-electron chi connectivity index (χ1n) is 8.92. The summed E-state index contributed by atoms with van der Waals surface area (Å²) in [7, 11) is 4.49. The molecule has 29 heavy (non-hydrogen) atoms. The Kier molecular flexibility index (Phi) is 7.88. The van der Waals surface area contributed by atoms with E-state index < -0.39 is 11.6 Å². The number of nitrogens with zero attached hydrogens (tertiary/aromatic N) is 1. The molecule has 0 aromatic carbocycles. The summed E-state index contributed by atoms with van der Waals surface area (Å²) in [6.45, 7) is 0. The molecule has 10 heteroatoms. The van der Waals surface area contributed by atoms with E-state index in [-0.39, 0.29) is 57.0 Å². The fraction of sp³-hybridized carbons (Fsp3) is 0.526. The molecule has 0 amide bonds. The maximum atomic E-state index is 13.1. The van der Waals surface area contributed by atoms with Crippen LogP contribution < -0.4 is 0 Å². The van der Waals surface area contributed by atoms with Gasteiger partial charge in [-0.2, -0.15) is 0 Å². The number of carbonyl (C=O) groups is 1. The van der Waals surface area contributed by atoms with Crippen molar-refractivity contribution < 1.29 is 23.9 Å². The Bertz CT molecular complexity index is 776. The highest BCUT2D eigenvalue weighted by atomic mass is 79.9. The lowest BCUT2D eigenvalue weighted by Gasteiger charge is -2.45. The van der Waals surface area contributed by atoms with E-state index in [1.165, 1.54) is 22.7 Å². The smallest absolute Gasteiger partial charge is 0.349 e. The van der Waals surface area contributed by atoms with Crippen molar-refractivity contribution in [2.75, 3.05) is 14.1 Å². The van der Waals surface area contributed by atoms with Gasteiger partial charge < -0.3 is 19.1 Å². The predicted octanol–water partition coefficient (Wildman–Crippen LogP) is 4.08. The molecule has 3 fully saturated rings. The Balaban J connectivity index is 0.000001000. The third kappa shape index (κ3) is 3.92. The Morgan fingerprint density at radius 2 is 1.55 bits per heavy atom. The van der Waals surface area contributed by atoms with Gasteiger partial charge in [0, 0.05) is 12.8 Å². The lowest BCUT2D eigenvalue weighted by atomic mass is 9.95. The second kappa shape index (κ2) is 8.97. The fourth-order valence-electron chi connectivity index (χ4n) is 4.83. The number of quaternary nitrogens is 1. The molecule has 3 aliphatic heterocycles. The Morgan fingerprint density at radius 3 is 1.97 bits per heavy atom. The number of hydrogen-bond donors (Lipinski definition) is 1. The number of ether oxygens (including phenoxy) is 2. The minimum atomic E-state index is -1.72. The van der Waals surface area contributed by atoms with Crippen molar-refractivity contribution in [1.82, 2.24) is 0 Å². The number of morpholine rings is 1. The summed E-state index contributed by atoms with van der Waals surface area (Å²) in [5.74, 6) is -0.561. The van der Waals surface area contributed by atoms with Crippen molar-refractivity contribution in [3.8, 4) is 0 Å². The number of piperidine rings is 1. The van der Waals surface area contributed by atoms with Crippen molar-refractivity contribution in [2.45, 2.75) is 48.8 Å². The van der Waals surface area contributed by atoms with E-state index in [1.54, 1.807) is 12.1 Å². The third-order valence-corrected chi connectivity index (χ3v) is 8.32. The van der Waals surface area contributed by atoms with Crippen LogP contribution in [0, 0.1) is 0 Å². The van der Waals surface area contributed by atoms with E-state index in [2.05, 4.69) is 14.1 Å². The molecule has 5 nitrogen and oxygen atoms in total. The molecule has 2 aromatic rings. The van der Waals surface area contributed by atoms with Crippen LogP contribution in [0.2, 0.25) is 0 Å². The largest absolute Gasteiger partial charge is 0.459 e. The van der Waals surface area contributed by atoms with Crippen LogP contribution >= 0.6 is 73.6 Å². The number of aliphatic hydroxyl groups is 1. The minimum Gasteiger partial charge on any atom is -0.459 e. The first kappa shape index (κ1) is 25.5. The van der Waals surface area contributed by atoms with Crippen LogP contribution in [0.5, 0.6) is 0 Å². The van der Waals surface area contributed by atoms with Gasteiger partial charge in [-0.1, -0.05) is 12.1 Å². The van der Waals surface area contributed by atoms with E-state index in [4.69, 9.17) is 9.47 Å². The average molecular weight is 635 g/mol. The molecule has 3 aliphatic rings. The number of rotatable bonds is 4. The Hall–Kier alpha value is 0.190. The summed E-state index contributed by atoms with van der Waals surface area (Å²) in [6.07, 6.45) is 2.05. The SMILES string of the molecule is Br.Br.Br.C[N+]1(C)[C@@H]2CC(OC(=O)C(O)(c3cccs3)c3cccs3)C[C@H]1[C@@H]1O[C@@H]12. The molecule has 0 radical (unpaired) electrons. The zero-order valence-electron chi connectivity index (χ0n) is 15.9. The molecule has 0 aliphatic carbocycles. The van der Waals surface area contributed by atoms with E-state index in [0.717, 1.165) is 17.3 Å². The molecule has 0 spiro atoms. The first-order chi connectivity index (χ1) is 12.4. The summed E-state index contributed by atoms with van der Waals surface area (Å²) in [5, 5.41) is 15.1. The van der Waals surface area contributed by atoms with Crippen molar-refractivity contribution in [2.24, 2.45) is 0 Å². The van der Waals surface area contributed by atoms with Crippen molar-refractivity contribution in [3.63, 3.8) is 0 Å². The Morgan fingerprint density at radius 1 is 1.07 bits per heavy atom. The highest BCUT2D eigenvalue weighted by Crippen LogP contribution is 2.52. The number of epoxide rings is 1. The van der Waals surface area contributed by atoms with Gasteiger partial charge in [-0.15, -0.1) is 73.6 Å². The van der Waals surface area contributed by atoms with E-state index in [9.17, 15) is 9.90 Å². The van der Waals surface area contributed by atoms with Gasteiger partial charge in [-0.3, -0.25) is 0 Å². The van der Waals surface area contributed by atoms with E-state index in [1.807, 2.05) is 22.9 Å². The number of esters is 1. The van der Waals surface area contributed by atoms with Crippen LogP contribution in [-0.4, -0.2) is 60.0 Å². The van der Waals surface area contributed by atoms with Gasteiger partial charge >= 0.3 is 5.97 Å². The zero-order valence-corrected chi connectivity index (χ0v) is 22.7. The van der Waals surface area contributed by atoms with Crippen LogP contribution in [-0.2, 0) is 19.9 Å². The van der Waals surface area contributed by atoms with Gasteiger partial charge in [0.25, 0.3) is 0 Å². The molecule has 2 aromatic heterocycles. The molecule has 5 heterocycles. The second-order valence-electron chi connectivity index (χ2n) is 7.99. The lowest BCUT2D eigenvalue weighted by Crippen LogP contribution is -2.60. The summed E-state index contributed by atoms with van der Waals surface area (Å²) in [4.78, 5) is 14.3. The molecular weight excluding hydrogens is 610 g/mol. The Labute approximate surface area is 209 Å². The van der Waals surface area contributed by atoms with Crippen LogP contribution in [0.4, 0.5) is 0 Å². The molecule has 5 atom stereocenters.